The Bertz CT molecular complexity index is 1590. The molecule has 11 heteroatoms. The Morgan fingerprint density at radius 1 is 1.02 bits per heavy atom. The number of ether oxygens (including phenoxy) is 1. The van der Waals surface area contributed by atoms with E-state index in [4.69, 9.17) is 27.9 Å². The lowest BCUT2D eigenvalue weighted by atomic mass is 9.87. The first kappa shape index (κ1) is 31.9. The summed E-state index contributed by atoms with van der Waals surface area (Å²) < 4.78 is 8.20. The quantitative estimate of drug-likeness (QED) is 0.300. The van der Waals surface area contributed by atoms with Crippen LogP contribution in [0.15, 0.2) is 42.6 Å². The number of likely N-dealkylation sites (tertiary alicyclic amines) is 2. The van der Waals surface area contributed by atoms with Crippen molar-refractivity contribution in [2.24, 2.45) is 18.9 Å². The highest BCUT2D eigenvalue weighted by atomic mass is 35.5. The zero-order chi connectivity index (χ0) is 31.8. The zero-order valence-corrected chi connectivity index (χ0v) is 27.2. The van der Waals surface area contributed by atoms with Crippen LogP contribution in [0.25, 0.3) is 10.9 Å². The van der Waals surface area contributed by atoms with Gasteiger partial charge in [0.1, 0.15) is 0 Å². The number of hydrogen-bond acceptors (Lipinski definition) is 5. The van der Waals surface area contributed by atoms with Crippen LogP contribution in [0, 0.1) is 11.8 Å². The number of para-hydroxylation sites is 1. The lowest BCUT2D eigenvalue weighted by Gasteiger charge is -2.41. The van der Waals surface area contributed by atoms with Crippen LogP contribution in [0.5, 0.6) is 0 Å². The minimum absolute atomic E-state index is 0.0190. The van der Waals surface area contributed by atoms with Crippen molar-refractivity contribution < 1.29 is 24.2 Å². The van der Waals surface area contributed by atoms with E-state index in [1.165, 1.54) is 0 Å². The SMILES string of the molecule is CC1CN([C@H]2C[C@@H](COC3CCC(C(=O)O)CC3)N(C(=O)Cc3cc(Cl)c(NC(=O)c4cn(C)c5ccccc45)cc3Cl)C2)C1. The van der Waals surface area contributed by atoms with Gasteiger partial charge in [0, 0.05) is 54.8 Å². The summed E-state index contributed by atoms with van der Waals surface area (Å²) >= 11 is 13.3. The molecule has 240 valence electrons. The van der Waals surface area contributed by atoms with Crippen LogP contribution in [0.3, 0.4) is 0 Å². The fourth-order valence-corrected chi connectivity index (χ4v) is 7.65. The maximum absolute atomic E-state index is 13.8. The number of amides is 2. The number of anilines is 1. The molecule has 45 heavy (non-hydrogen) atoms. The second-order valence-electron chi connectivity index (χ2n) is 13.0. The number of nitrogens with one attached hydrogen (secondary N) is 1. The number of hydrogen-bond donors (Lipinski definition) is 2. The van der Waals surface area contributed by atoms with E-state index in [9.17, 15) is 19.5 Å². The van der Waals surface area contributed by atoms with Gasteiger partial charge in [0.2, 0.25) is 5.91 Å². The predicted molar refractivity (Wildman–Crippen MR) is 175 cm³/mol. The van der Waals surface area contributed by atoms with Gasteiger partial charge in [-0.3, -0.25) is 19.3 Å². The van der Waals surface area contributed by atoms with Gasteiger partial charge in [-0.15, -0.1) is 0 Å². The van der Waals surface area contributed by atoms with Crippen LogP contribution in [0.2, 0.25) is 10.0 Å². The number of carboxylic acids is 1. The molecule has 3 aromatic rings. The molecule has 1 aromatic heterocycles. The minimum atomic E-state index is -0.730. The van der Waals surface area contributed by atoms with Crippen molar-refractivity contribution in [3.8, 4) is 0 Å². The van der Waals surface area contributed by atoms with Gasteiger partial charge in [-0.25, -0.2) is 0 Å². The Kier molecular flexibility index (Phi) is 9.43. The summed E-state index contributed by atoms with van der Waals surface area (Å²) in [5.41, 5.74) is 2.46. The molecule has 0 unspecified atom stereocenters. The van der Waals surface area contributed by atoms with E-state index < -0.39 is 5.97 Å². The molecule has 1 aliphatic carbocycles. The van der Waals surface area contributed by atoms with Gasteiger partial charge in [-0.05, 0) is 61.8 Å². The van der Waals surface area contributed by atoms with Gasteiger partial charge >= 0.3 is 5.97 Å². The number of benzene rings is 2. The van der Waals surface area contributed by atoms with Crippen LogP contribution in [0.1, 0.15) is 54.9 Å². The standard InChI is InChI=1S/C34H40Cl2N4O5/c1-20-15-39(16-20)23-13-24(19-45-25-9-7-21(8-10-25)34(43)44)40(17-23)32(41)12-22-11-29(36)30(14-28(22)35)37-33(42)27-18-38(2)31-6-4-3-5-26(27)31/h3-6,11,14,18,20-21,23-25H,7-10,12-13,15-17,19H2,1-2H3,(H,37,42)(H,43,44)/t21?,23-,24-,25?/m0/s1. The van der Waals surface area contributed by atoms with Crippen LogP contribution in [0.4, 0.5) is 5.69 Å². The van der Waals surface area contributed by atoms with Crippen LogP contribution >= 0.6 is 23.2 Å². The minimum Gasteiger partial charge on any atom is -0.481 e. The molecule has 0 bridgehead atoms. The smallest absolute Gasteiger partial charge is 0.306 e. The number of aromatic nitrogens is 1. The van der Waals surface area contributed by atoms with Gasteiger partial charge in [-0.1, -0.05) is 48.3 Å². The Hall–Kier alpha value is -3.11. The molecule has 3 fully saturated rings. The van der Waals surface area contributed by atoms with Gasteiger partial charge in [0.25, 0.3) is 5.91 Å². The fourth-order valence-electron chi connectivity index (χ4n) is 7.18. The average Bonchev–Trinajstić information content (AvgIpc) is 3.58. The van der Waals surface area contributed by atoms with E-state index in [0.29, 0.717) is 58.8 Å². The van der Waals surface area contributed by atoms with E-state index >= 15 is 0 Å². The van der Waals surface area contributed by atoms with Crippen LogP contribution < -0.4 is 5.32 Å². The van der Waals surface area contributed by atoms with Gasteiger partial charge < -0.3 is 24.6 Å². The number of aryl methyl sites for hydroxylation is 1. The number of aliphatic carboxylic acids is 1. The Balaban J connectivity index is 1.12. The lowest BCUT2D eigenvalue weighted by molar-refractivity contribution is -0.144. The van der Waals surface area contributed by atoms with E-state index in [-0.39, 0.29) is 42.3 Å². The van der Waals surface area contributed by atoms with Crippen molar-refractivity contribution in [1.29, 1.82) is 0 Å². The number of rotatable bonds is 9. The Labute approximate surface area is 273 Å². The molecule has 2 aliphatic heterocycles. The van der Waals surface area contributed by atoms with Crippen molar-refractivity contribution >= 4 is 57.6 Å². The van der Waals surface area contributed by atoms with E-state index in [1.807, 2.05) is 40.8 Å². The van der Waals surface area contributed by atoms with Crippen LogP contribution in [-0.2, 0) is 27.8 Å². The van der Waals surface area contributed by atoms with Crippen LogP contribution in [-0.4, -0.2) is 81.7 Å². The van der Waals surface area contributed by atoms with Gasteiger partial charge in [-0.2, -0.15) is 0 Å². The molecule has 2 amide bonds. The molecule has 2 atom stereocenters. The first-order valence-electron chi connectivity index (χ1n) is 15.8. The lowest BCUT2D eigenvalue weighted by Crippen LogP contribution is -2.52. The van der Waals surface area contributed by atoms with Crippen molar-refractivity contribution in [3.05, 3.63) is 63.8 Å². The highest BCUT2D eigenvalue weighted by Crippen LogP contribution is 2.34. The zero-order valence-electron chi connectivity index (χ0n) is 25.7. The third-order valence-corrected chi connectivity index (χ3v) is 10.4. The number of halogens is 2. The Morgan fingerprint density at radius 3 is 2.47 bits per heavy atom. The number of nitrogens with zero attached hydrogens (tertiary/aromatic N) is 3. The number of carboxylic acid groups (broad SMARTS) is 1. The highest BCUT2D eigenvalue weighted by molar-refractivity contribution is 6.36. The second kappa shape index (κ2) is 13.3. The van der Waals surface area contributed by atoms with Crippen molar-refractivity contribution in [3.63, 3.8) is 0 Å². The summed E-state index contributed by atoms with van der Waals surface area (Å²) in [5, 5.41) is 13.7. The van der Waals surface area contributed by atoms with Gasteiger partial charge in [0.15, 0.2) is 0 Å². The molecule has 2 N–H and O–H groups in total. The largest absolute Gasteiger partial charge is 0.481 e. The molecule has 1 saturated carbocycles. The molecule has 9 nitrogen and oxygen atoms in total. The third-order valence-electron chi connectivity index (χ3n) is 9.74. The monoisotopic (exact) mass is 654 g/mol. The predicted octanol–water partition coefficient (Wildman–Crippen LogP) is 5.86. The van der Waals surface area contributed by atoms with Crippen molar-refractivity contribution in [2.45, 2.75) is 63.6 Å². The number of fused-ring (bicyclic) bond motifs is 1. The summed E-state index contributed by atoms with van der Waals surface area (Å²) in [4.78, 5) is 42.7. The molecule has 2 saturated heterocycles. The number of carbonyl (C=O) groups excluding carboxylic acids is 2. The van der Waals surface area contributed by atoms with E-state index in [0.717, 1.165) is 43.3 Å². The maximum atomic E-state index is 13.8. The topological polar surface area (TPSA) is 104 Å². The Morgan fingerprint density at radius 2 is 1.76 bits per heavy atom. The molecule has 2 aromatic carbocycles. The molecule has 0 spiro atoms. The first-order chi connectivity index (χ1) is 21.6. The summed E-state index contributed by atoms with van der Waals surface area (Å²) in [7, 11) is 1.89. The summed E-state index contributed by atoms with van der Waals surface area (Å²) in [5.74, 6) is -0.696. The summed E-state index contributed by atoms with van der Waals surface area (Å²) in [6.07, 6.45) is 5.43. The van der Waals surface area contributed by atoms with Crippen molar-refractivity contribution in [2.75, 3.05) is 31.6 Å². The molecule has 3 heterocycles. The maximum Gasteiger partial charge on any atom is 0.306 e. The molecular formula is C34H40Cl2N4O5. The first-order valence-corrected chi connectivity index (χ1v) is 16.5. The molecule has 0 radical (unpaired) electrons. The molecule has 3 aliphatic rings. The summed E-state index contributed by atoms with van der Waals surface area (Å²) in [6.45, 7) is 5.37. The number of carbonyl (C=O) groups is 3. The normalized spacial score (nSPS) is 24.1. The third kappa shape index (κ3) is 6.87. The van der Waals surface area contributed by atoms with Gasteiger partial charge in [0.05, 0.1) is 47.4 Å². The fraction of sp³-hybridized carbons (Fsp3) is 0.500. The molecular weight excluding hydrogens is 615 g/mol. The molecule has 6 rings (SSSR count). The average molecular weight is 656 g/mol. The van der Waals surface area contributed by atoms with E-state index in [1.54, 1.807) is 18.3 Å². The highest BCUT2D eigenvalue weighted by Gasteiger charge is 2.41. The summed E-state index contributed by atoms with van der Waals surface area (Å²) in [6, 6.07) is 11.2. The van der Waals surface area contributed by atoms with E-state index in [2.05, 4.69) is 17.1 Å². The van der Waals surface area contributed by atoms with Crippen molar-refractivity contribution in [1.82, 2.24) is 14.4 Å². The second-order valence-corrected chi connectivity index (χ2v) is 13.8.